The van der Waals surface area contributed by atoms with Gasteiger partial charge in [-0.25, -0.2) is 0 Å². The fourth-order valence-corrected chi connectivity index (χ4v) is 4.79. The topological polar surface area (TPSA) is 105 Å². The summed E-state index contributed by atoms with van der Waals surface area (Å²) < 4.78 is 21.7. The summed E-state index contributed by atoms with van der Waals surface area (Å²) in [7, 11) is 0. The van der Waals surface area contributed by atoms with Crippen LogP contribution in [0.15, 0.2) is 48.5 Å². The molecule has 248 valence electrons. The number of carbonyl (C=O) groups is 4. The minimum atomic E-state index is -0.511. The average Bonchev–Trinajstić information content (AvgIpc) is 3.06. The van der Waals surface area contributed by atoms with Crippen molar-refractivity contribution in [1.82, 2.24) is 0 Å². The molecule has 0 radical (unpaired) electrons. The fourth-order valence-electron chi connectivity index (χ4n) is 4.79. The third-order valence-electron chi connectivity index (χ3n) is 7.46. The molecule has 2 rings (SSSR count). The van der Waals surface area contributed by atoms with E-state index in [-0.39, 0.29) is 6.42 Å². The maximum absolute atomic E-state index is 11.9. The number of hydrogen-bond donors (Lipinski definition) is 0. The van der Waals surface area contributed by atoms with Gasteiger partial charge in [0, 0.05) is 11.1 Å². The van der Waals surface area contributed by atoms with Crippen LogP contribution in [-0.4, -0.2) is 50.9 Å². The summed E-state index contributed by atoms with van der Waals surface area (Å²) in [4.78, 5) is 45.1. The van der Waals surface area contributed by atoms with E-state index in [1.54, 1.807) is 24.3 Å². The zero-order valence-electron chi connectivity index (χ0n) is 26.9. The first-order chi connectivity index (χ1) is 22.1. The zero-order valence-corrected chi connectivity index (χ0v) is 26.9. The Hall–Kier alpha value is -3.68. The highest BCUT2D eigenvalue weighted by Gasteiger charge is 2.11. The summed E-state index contributed by atoms with van der Waals surface area (Å²) in [5.74, 6) is 0.568. The quantitative estimate of drug-likeness (QED) is 0.0402. The molecule has 0 atom stereocenters. The number of benzene rings is 2. The minimum absolute atomic E-state index is 0.318. The Morgan fingerprint density at radius 3 is 1.02 bits per heavy atom. The molecule has 0 saturated heterocycles. The molecule has 0 amide bonds. The van der Waals surface area contributed by atoms with E-state index >= 15 is 0 Å². The SMILES string of the molecule is O=Cc1ccc(OCCCCCCCCCCOC(=O)CC(=O)OCCCCCCCCCCOc2ccc(C=O)cc2)cc1. The predicted octanol–water partition coefficient (Wildman–Crippen LogP) is 8.49. The van der Waals surface area contributed by atoms with Crippen LogP contribution in [0.3, 0.4) is 0 Å². The second-order valence-corrected chi connectivity index (χ2v) is 11.3. The van der Waals surface area contributed by atoms with Crippen molar-refractivity contribution >= 4 is 24.5 Å². The van der Waals surface area contributed by atoms with Gasteiger partial charge in [-0.05, 0) is 74.2 Å². The molecule has 0 aliphatic carbocycles. The lowest BCUT2D eigenvalue weighted by Gasteiger charge is -2.07. The van der Waals surface area contributed by atoms with Gasteiger partial charge < -0.3 is 18.9 Å². The molecule has 0 N–H and O–H groups in total. The van der Waals surface area contributed by atoms with Gasteiger partial charge in [0.25, 0.3) is 0 Å². The van der Waals surface area contributed by atoms with Crippen LogP contribution in [0.2, 0.25) is 0 Å². The van der Waals surface area contributed by atoms with Gasteiger partial charge in [0.2, 0.25) is 0 Å². The van der Waals surface area contributed by atoms with Crippen molar-refractivity contribution in [3.8, 4) is 11.5 Å². The first-order valence-corrected chi connectivity index (χ1v) is 16.8. The van der Waals surface area contributed by atoms with Crippen LogP contribution in [0.5, 0.6) is 11.5 Å². The highest BCUT2D eigenvalue weighted by molar-refractivity contribution is 5.91. The van der Waals surface area contributed by atoms with Crippen LogP contribution in [0.25, 0.3) is 0 Å². The number of esters is 2. The number of ether oxygens (including phenoxy) is 4. The van der Waals surface area contributed by atoms with Gasteiger partial charge in [-0.1, -0.05) is 77.0 Å². The predicted molar refractivity (Wildman–Crippen MR) is 175 cm³/mol. The Morgan fingerprint density at radius 2 is 0.711 bits per heavy atom. The highest BCUT2D eigenvalue weighted by atomic mass is 16.6. The van der Waals surface area contributed by atoms with Crippen LogP contribution in [0, 0.1) is 0 Å². The van der Waals surface area contributed by atoms with E-state index < -0.39 is 11.9 Å². The van der Waals surface area contributed by atoms with Crippen molar-refractivity contribution < 1.29 is 38.1 Å². The van der Waals surface area contributed by atoms with Crippen LogP contribution in [-0.2, 0) is 19.1 Å². The lowest BCUT2D eigenvalue weighted by atomic mass is 10.1. The van der Waals surface area contributed by atoms with Gasteiger partial charge in [0.05, 0.1) is 26.4 Å². The van der Waals surface area contributed by atoms with Crippen LogP contribution >= 0.6 is 0 Å². The maximum Gasteiger partial charge on any atom is 0.317 e. The Bertz CT molecular complexity index is 979. The molecule has 2 aromatic carbocycles. The van der Waals surface area contributed by atoms with Crippen molar-refractivity contribution in [1.29, 1.82) is 0 Å². The minimum Gasteiger partial charge on any atom is -0.494 e. The smallest absolute Gasteiger partial charge is 0.317 e. The Labute approximate surface area is 269 Å². The molecule has 0 unspecified atom stereocenters. The third kappa shape index (κ3) is 20.1. The first-order valence-electron chi connectivity index (χ1n) is 16.8. The van der Waals surface area contributed by atoms with Crippen molar-refractivity contribution in [2.75, 3.05) is 26.4 Å². The number of hydrogen-bond acceptors (Lipinski definition) is 8. The molecule has 0 bridgehead atoms. The fraction of sp³-hybridized carbons (Fsp3) is 0.568. The van der Waals surface area contributed by atoms with E-state index in [2.05, 4.69) is 0 Å². The Balaban J connectivity index is 1.27. The van der Waals surface area contributed by atoms with Gasteiger partial charge in [-0.15, -0.1) is 0 Å². The summed E-state index contributed by atoms with van der Waals surface area (Å²) in [5.41, 5.74) is 1.30. The summed E-state index contributed by atoms with van der Waals surface area (Å²) >= 11 is 0. The van der Waals surface area contributed by atoms with Crippen LogP contribution in [0.4, 0.5) is 0 Å². The normalized spacial score (nSPS) is 10.7. The molecule has 0 heterocycles. The van der Waals surface area contributed by atoms with Crippen molar-refractivity contribution in [2.24, 2.45) is 0 Å². The number of aldehydes is 2. The number of unbranched alkanes of at least 4 members (excludes halogenated alkanes) is 14. The van der Waals surface area contributed by atoms with Crippen LogP contribution in [0.1, 0.15) is 130 Å². The molecule has 45 heavy (non-hydrogen) atoms. The monoisotopic (exact) mass is 624 g/mol. The Kier molecular flexibility index (Phi) is 21.4. The largest absolute Gasteiger partial charge is 0.494 e. The lowest BCUT2D eigenvalue weighted by molar-refractivity contribution is -0.154. The van der Waals surface area contributed by atoms with Crippen molar-refractivity contribution in [3.63, 3.8) is 0 Å². The maximum atomic E-state index is 11.9. The second kappa shape index (κ2) is 25.6. The molecule has 0 aromatic heterocycles. The Morgan fingerprint density at radius 1 is 0.422 bits per heavy atom. The molecule has 8 heteroatoms. The molecular weight excluding hydrogens is 572 g/mol. The van der Waals surface area contributed by atoms with Gasteiger partial charge >= 0.3 is 11.9 Å². The molecule has 0 aliphatic rings. The van der Waals surface area contributed by atoms with Gasteiger partial charge in [-0.3, -0.25) is 19.2 Å². The van der Waals surface area contributed by atoms with E-state index in [1.165, 1.54) is 25.7 Å². The lowest BCUT2D eigenvalue weighted by Crippen LogP contribution is -2.15. The molecule has 0 aliphatic heterocycles. The molecule has 0 saturated carbocycles. The van der Waals surface area contributed by atoms with Gasteiger partial charge in [0.1, 0.15) is 30.5 Å². The second-order valence-electron chi connectivity index (χ2n) is 11.3. The molecule has 2 aromatic rings. The molecule has 0 fully saturated rings. The first kappa shape index (κ1) is 37.5. The van der Waals surface area contributed by atoms with Gasteiger partial charge in [-0.2, -0.15) is 0 Å². The average molecular weight is 625 g/mol. The molecule has 8 nitrogen and oxygen atoms in total. The van der Waals surface area contributed by atoms with E-state index in [0.717, 1.165) is 101 Å². The summed E-state index contributed by atoms with van der Waals surface area (Å²) in [6.45, 7) is 2.06. The molecular formula is C37H52O8. The van der Waals surface area contributed by atoms with Crippen LogP contribution < -0.4 is 9.47 Å². The van der Waals surface area contributed by atoms with E-state index in [4.69, 9.17) is 18.9 Å². The third-order valence-corrected chi connectivity index (χ3v) is 7.46. The van der Waals surface area contributed by atoms with Crippen molar-refractivity contribution in [3.05, 3.63) is 59.7 Å². The molecule has 0 spiro atoms. The summed E-state index contributed by atoms with van der Waals surface area (Å²) in [6, 6.07) is 14.3. The highest BCUT2D eigenvalue weighted by Crippen LogP contribution is 2.15. The summed E-state index contributed by atoms with van der Waals surface area (Å²) in [5, 5.41) is 0. The van der Waals surface area contributed by atoms with E-state index in [0.29, 0.717) is 37.6 Å². The van der Waals surface area contributed by atoms with E-state index in [9.17, 15) is 19.2 Å². The number of carbonyl (C=O) groups excluding carboxylic acids is 4. The van der Waals surface area contributed by atoms with Gasteiger partial charge in [0.15, 0.2) is 0 Å². The zero-order chi connectivity index (χ0) is 32.2. The van der Waals surface area contributed by atoms with E-state index in [1.807, 2.05) is 24.3 Å². The number of rotatable bonds is 28. The standard InChI is InChI=1S/C37H52O8/c38-30-32-17-21-34(22-18-32)42-25-13-9-5-1-3-7-11-15-27-44-36(40)29-37(41)45-28-16-12-8-4-2-6-10-14-26-43-35-23-19-33(31-39)20-24-35/h17-24,30-31H,1-16,25-29H2. The van der Waals surface area contributed by atoms with Crippen molar-refractivity contribution in [2.45, 2.75) is 109 Å². The summed E-state index contributed by atoms with van der Waals surface area (Å²) in [6.07, 6.45) is 18.5.